The van der Waals surface area contributed by atoms with Gasteiger partial charge in [0.1, 0.15) is 5.82 Å². The molecule has 1 heterocycles. The van der Waals surface area contributed by atoms with Crippen LogP contribution in [-0.4, -0.2) is 27.8 Å². The molecule has 1 aromatic rings. The zero-order valence-corrected chi connectivity index (χ0v) is 16.5. The topological polar surface area (TPSA) is 96.2 Å². The molecule has 8 heteroatoms. The molecule has 142 valence electrons. The van der Waals surface area contributed by atoms with Crippen molar-refractivity contribution in [2.24, 2.45) is 5.92 Å². The third kappa shape index (κ3) is 5.88. The van der Waals surface area contributed by atoms with Gasteiger partial charge in [-0.1, -0.05) is 40.5 Å². The van der Waals surface area contributed by atoms with Gasteiger partial charge in [-0.15, -0.1) is 0 Å². The second-order valence-electron chi connectivity index (χ2n) is 6.59. The van der Waals surface area contributed by atoms with E-state index >= 15 is 0 Å². The normalized spacial score (nSPS) is 10.9. The predicted molar refractivity (Wildman–Crippen MR) is 108 cm³/mol. The molecule has 0 unspecified atom stereocenters. The highest BCUT2D eigenvalue weighted by atomic mass is 32.1. The molecule has 4 N–H and O–H groups in total. The van der Waals surface area contributed by atoms with Crippen LogP contribution in [0.3, 0.4) is 0 Å². The summed E-state index contributed by atoms with van der Waals surface area (Å²) < 4.78 is 1.41. The number of nitrogens with zero attached hydrogens (tertiary/aromatic N) is 2. The van der Waals surface area contributed by atoms with Crippen molar-refractivity contribution in [2.45, 2.75) is 59.9 Å². The molecule has 1 rings (SSSR count). The molecule has 0 spiro atoms. The first kappa shape index (κ1) is 21.2. The van der Waals surface area contributed by atoms with Crippen LogP contribution < -0.4 is 27.2 Å². The molecule has 25 heavy (non-hydrogen) atoms. The van der Waals surface area contributed by atoms with Crippen LogP contribution in [0.2, 0.25) is 0 Å². The van der Waals surface area contributed by atoms with Crippen molar-refractivity contribution < 1.29 is 0 Å². The van der Waals surface area contributed by atoms with E-state index in [0.717, 1.165) is 32.2 Å². The third-order valence-electron chi connectivity index (χ3n) is 3.82. The van der Waals surface area contributed by atoms with Crippen LogP contribution in [0.25, 0.3) is 0 Å². The highest BCUT2D eigenvalue weighted by molar-refractivity contribution is 7.80. The predicted octanol–water partition coefficient (Wildman–Crippen LogP) is 2.06. The van der Waals surface area contributed by atoms with E-state index < -0.39 is 11.2 Å². The molecule has 1 aromatic heterocycles. The van der Waals surface area contributed by atoms with Crippen LogP contribution in [0.1, 0.15) is 53.4 Å². The minimum absolute atomic E-state index is 0.165. The third-order valence-corrected chi connectivity index (χ3v) is 4.18. The lowest BCUT2D eigenvalue weighted by Gasteiger charge is -2.27. The number of nitrogens with two attached hydrogens (primary N) is 1. The zero-order chi connectivity index (χ0) is 19.0. The van der Waals surface area contributed by atoms with Gasteiger partial charge in [0.25, 0.3) is 5.56 Å². The number of unbranched alkanes of at least 4 members (excludes halogenated alkanes) is 2. The number of nitrogen functional groups attached to an aromatic ring is 1. The molecule has 0 atom stereocenters. The van der Waals surface area contributed by atoms with E-state index in [0.29, 0.717) is 18.2 Å². The lowest BCUT2D eigenvalue weighted by Crippen LogP contribution is -2.46. The molecule has 0 radical (unpaired) electrons. The summed E-state index contributed by atoms with van der Waals surface area (Å²) in [7, 11) is 0. The zero-order valence-electron chi connectivity index (χ0n) is 15.7. The molecule has 0 fully saturated rings. The summed E-state index contributed by atoms with van der Waals surface area (Å²) in [6, 6.07) is 0. The lowest BCUT2D eigenvalue weighted by atomic mass is 10.2. The van der Waals surface area contributed by atoms with Gasteiger partial charge in [-0.05, 0) is 31.0 Å². The standard InChI is InChI=1S/C17H31N5O2S/c1-5-7-9-19-17(25)21(10-8-6-2)13-14(18)22(11-12(3)4)16(24)20-15(13)23/h12H,5-11,18H2,1-4H3,(H,19,25)(H,20,23,24). The molecule has 0 saturated heterocycles. The van der Waals surface area contributed by atoms with Crippen LogP contribution in [0.5, 0.6) is 0 Å². The number of rotatable bonds is 9. The van der Waals surface area contributed by atoms with Gasteiger partial charge in [-0.3, -0.25) is 14.3 Å². The van der Waals surface area contributed by atoms with E-state index in [1.54, 1.807) is 4.90 Å². The second-order valence-corrected chi connectivity index (χ2v) is 6.97. The number of anilines is 2. The van der Waals surface area contributed by atoms with E-state index in [4.69, 9.17) is 18.0 Å². The first-order valence-electron chi connectivity index (χ1n) is 9.01. The maximum absolute atomic E-state index is 12.5. The molecular weight excluding hydrogens is 338 g/mol. The van der Waals surface area contributed by atoms with Crippen LogP contribution in [0.4, 0.5) is 11.5 Å². The van der Waals surface area contributed by atoms with E-state index in [2.05, 4.69) is 24.1 Å². The summed E-state index contributed by atoms with van der Waals surface area (Å²) in [5, 5.41) is 3.65. The monoisotopic (exact) mass is 369 g/mol. The smallest absolute Gasteiger partial charge is 0.330 e. The van der Waals surface area contributed by atoms with Crippen LogP contribution in [-0.2, 0) is 6.54 Å². The fourth-order valence-corrected chi connectivity index (χ4v) is 2.77. The van der Waals surface area contributed by atoms with E-state index in [9.17, 15) is 9.59 Å². The second kappa shape index (κ2) is 10.2. The summed E-state index contributed by atoms with van der Waals surface area (Å²) in [5.41, 5.74) is 5.48. The van der Waals surface area contributed by atoms with Crippen molar-refractivity contribution in [1.29, 1.82) is 0 Å². The molecule has 0 aromatic carbocycles. The van der Waals surface area contributed by atoms with Gasteiger partial charge in [0, 0.05) is 19.6 Å². The number of H-pyrrole nitrogens is 1. The Morgan fingerprint density at radius 1 is 1.28 bits per heavy atom. The number of aromatic amines is 1. The van der Waals surface area contributed by atoms with Crippen molar-refractivity contribution in [3.8, 4) is 0 Å². The maximum atomic E-state index is 12.5. The number of aromatic nitrogens is 2. The number of thiocarbonyl (C=S) groups is 1. The number of hydrogen-bond donors (Lipinski definition) is 3. The van der Waals surface area contributed by atoms with Crippen molar-refractivity contribution in [3.05, 3.63) is 20.8 Å². The number of nitrogens with one attached hydrogen (secondary N) is 2. The Bertz CT molecular complexity index is 681. The van der Waals surface area contributed by atoms with Crippen molar-refractivity contribution in [3.63, 3.8) is 0 Å². The van der Waals surface area contributed by atoms with Crippen molar-refractivity contribution in [1.82, 2.24) is 14.9 Å². The summed E-state index contributed by atoms with van der Waals surface area (Å²) in [6.07, 6.45) is 3.85. The fraction of sp³-hybridized carbons (Fsp3) is 0.706. The highest BCUT2D eigenvalue weighted by Crippen LogP contribution is 2.18. The molecule has 0 amide bonds. The van der Waals surface area contributed by atoms with Gasteiger partial charge in [0.2, 0.25) is 0 Å². The minimum atomic E-state index is -0.502. The van der Waals surface area contributed by atoms with Crippen molar-refractivity contribution in [2.75, 3.05) is 23.7 Å². The molecular formula is C17H31N5O2S. The Labute approximate surface area is 154 Å². The molecule has 0 bridgehead atoms. The van der Waals surface area contributed by atoms with E-state index in [1.807, 2.05) is 13.8 Å². The molecule has 0 aliphatic rings. The first-order chi connectivity index (χ1) is 11.8. The summed E-state index contributed by atoms with van der Waals surface area (Å²) in [4.78, 5) is 28.7. The molecule has 7 nitrogen and oxygen atoms in total. The first-order valence-corrected chi connectivity index (χ1v) is 9.42. The Hall–Kier alpha value is -1.83. The van der Waals surface area contributed by atoms with Crippen LogP contribution >= 0.6 is 12.2 Å². The minimum Gasteiger partial charge on any atom is -0.383 e. The van der Waals surface area contributed by atoms with Gasteiger partial charge < -0.3 is 16.0 Å². The summed E-state index contributed by atoms with van der Waals surface area (Å²) in [5.74, 6) is 0.385. The van der Waals surface area contributed by atoms with Crippen LogP contribution in [0, 0.1) is 5.92 Å². The van der Waals surface area contributed by atoms with Gasteiger partial charge in [0.05, 0.1) is 0 Å². The summed E-state index contributed by atoms with van der Waals surface area (Å²) >= 11 is 5.49. The molecule has 0 saturated carbocycles. The number of hydrogen-bond acceptors (Lipinski definition) is 4. The van der Waals surface area contributed by atoms with Gasteiger partial charge in [-0.2, -0.15) is 0 Å². The van der Waals surface area contributed by atoms with Gasteiger partial charge in [-0.25, -0.2) is 4.79 Å². The quantitative estimate of drug-likeness (QED) is 0.455. The Morgan fingerprint density at radius 2 is 1.92 bits per heavy atom. The van der Waals surface area contributed by atoms with Gasteiger partial charge >= 0.3 is 5.69 Å². The van der Waals surface area contributed by atoms with Gasteiger partial charge in [0.15, 0.2) is 10.8 Å². The Morgan fingerprint density at radius 3 is 2.48 bits per heavy atom. The molecule has 0 aliphatic heterocycles. The maximum Gasteiger partial charge on any atom is 0.330 e. The van der Waals surface area contributed by atoms with E-state index in [-0.39, 0.29) is 17.4 Å². The van der Waals surface area contributed by atoms with E-state index in [1.165, 1.54) is 4.57 Å². The molecule has 0 aliphatic carbocycles. The SMILES string of the molecule is CCCCNC(=S)N(CCCC)c1c(N)n(CC(C)C)c(=O)[nH]c1=O. The Kier molecular flexibility index (Phi) is 8.68. The average Bonchev–Trinajstić information content (AvgIpc) is 2.54. The highest BCUT2D eigenvalue weighted by Gasteiger charge is 2.21. The lowest BCUT2D eigenvalue weighted by molar-refractivity contribution is 0.507. The largest absolute Gasteiger partial charge is 0.383 e. The Balaban J connectivity index is 3.30. The average molecular weight is 370 g/mol. The van der Waals surface area contributed by atoms with Crippen LogP contribution in [0.15, 0.2) is 9.59 Å². The fourth-order valence-electron chi connectivity index (χ4n) is 2.48. The summed E-state index contributed by atoms with van der Waals surface area (Å²) in [6.45, 7) is 9.89. The van der Waals surface area contributed by atoms with Crippen molar-refractivity contribution >= 4 is 28.8 Å².